The van der Waals surface area contributed by atoms with Gasteiger partial charge < -0.3 is 14.4 Å². The highest BCUT2D eigenvalue weighted by molar-refractivity contribution is 5.92. The number of oxazole rings is 1. The van der Waals surface area contributed by atoms with Crippen molar-refractivity contribution >= 4 is 11.9 Å². The summed E-state index contributed by atoms with van der Waals surface area (Å²) >= 11 is 0. The van der Waals surface area contributed by atoms with Gasteiger partial charge in [-0.1, -0.05) is 12.1 Å². The number of carbonyl (C=O) groups excluding carboxylic acids is 1. The van der Waals surface area contributed by atoms with Crippen LogP contribution in [-0.2, 0) is 13.0 Å². The van der Waals surface area contributed by atoms with Gasteiger partial charge in [-0.05, 0) is 25.7 Å². The average Bonchev–Trinajstić information content (AvgIpc) is 3.21. The first-order chi connectivity index (χ1) is 12.0. The van der Waals surface area contributed by atoms with Crippen LogP contribution in [0.2, 0.25) is 0 Å². The van der Waals surface area contributed by atoms with E-state index in [-0.39, 0.29) is 17.5 Å². The molecule has 0 saturated carbocycles. The molecule has 1 fully saturated rings. The smallest absolute Gasteiger partial charge is 0.358 e. The van der Waals surface area contributed by atoms with E-state index in [1.807, 2.05) is 6.92 Å². The lowest BCUT2D eigenvalue weighted by molar-refractivity contribution is 0.0624. The van der Waals surface area contributed by atoms with Crippen molar-refractivity contribution in [2.45, 2.75) is 39.7 Å². The SMILES string of the molecule is CCc1nc(C)c(C(=O)N2CCCC(Cn3cc(C(=O)O)nn3)C2)o1. The Hall–Kier alpha value is -2.71. The minimum atomic E-state index is -1.10. The molecule has 0 spiro atoms. The maximum Gasteiger partial charge on any atom is 0.358 e. The van der Waals surface area contributed by atoms with Gasteiger partial charge in [0.2, 0.25) is 5.76 Å². The summed E-state index contributed by atoms with van der Waals surface area (Å²) in [6.07, 6.45) is 3.89. The number of aryl methyl sites for hydroxylation is 2. The lowest BCUT2D eigenvalue weighted by Gasteiger charge is -2.32. The molecule has 134 valence electrons. The molecule has 1 unspecified atom stereocenters. The Balaban J connectivity index is 1.66. The highest BCUT2D eigenvalue weighted by Gasteiger charge is 2.28. The molecule has 1 atom stereocenters. The largest absolute Gasteiger partial charge is 0.476 e. The topological polar surface area (TPSA) is 114 Å². The number of hydrogen-bond acceptors (Lipinski definition) is 6. The van der Waals surface area contributed by atoms with Crippen LogP contribution in [0.4, 0.5) is 0 Å². The second kappa shape index (κ2) is 7.04. The Morgan fingerprint density at radius 1 is 1.44 bits per heavy atom. The van der Waals surface area contributed by atoms with Crippen LogP contribution >= 0.6 is 0 Å². The van der Waals surface area contributed by atoms with E-state index in [9.17, 15) is 9.59 Å². The summed E-state index contributed by atoms with van der Waals surface area (Å²) in [7, 11) is 0. The normalized spacial score (nSPS) is 17.7. The van der Waals surface area contributed by atoms with Crippen LogP contribution in [0.3, 0.4) is 0 Å². The molecule has 1 saturated heterocycles. The molecule has 1 aliphatic heterocycles. The zero-order valence-electron chi connectivity index (χ0n) is 14.3. The Bertz CT molecular complexity index is 781. The number of piperidine rings is 1. The Morgan fingerprint density at radius 3 is 2.88 bits per heavy atom. The van der Waals surface area contributed by atoms with Crippen LogP contribution in [-0.4, -0.2) is 55.0 Å². The number of carboxylic acids is 1. The molecule has 3 rings (SSSR count). The second-order valence-electron chi connectivity index (χ2n) is 6.27. The lowest BCUT2D eigenvalue weighted by Crippen LogP contribution is -2.41. The van der Waals surface area contributed by atoms with Crippen molar-refractivity contribution in [3.8, 4) is 0 Å². The monoisotopic (exact) mass is 347 g/mol. The molecule has 2 aromatic rings. The highest BCUT2D eigenvalue weighted by atomic mass is 16.4. The van der Waals surface area contributed by atoms with Crippen LogP contribution in [0.25, 0.3) is 0 Å². The molecule has 1 amide bonds. The summed E-state index contributed by atoms with van der Waals surface area (Å²) in [6.45, 7) is 5.48. The van der Waals surface area contributed by atoms with Gasteiger partial charge in [0.05, 0.1) is 11.9 Å². The van der Waals surface area contributed by atoms with E-state index >= 15 is 0 Å². The number of aromatic nitrogens is 4. The molecular formula is C16H21N5O4. The highest BCUT2D eigenvalue weighted by Crippen LogP contribution is 2.22. The van der Waals surface area contributed by atoms with Crippen molar-refractivity contribution in [1.29, 1.82) is 0 Å². The predicted molar refractivity (Wildman–Crippen MR) is 86.2 cm³/mol. The molecule has 0 aliphatic carbocycles. The van der Waals surface area contributed by atoms with E-state index in [1.54, 1.807) is 11.8 Å². The fraction of sp³-hybridized carbons (Fsp3) is 0.562. The zero-order valence-corrected chi connectivity index (χ0v) is 14.3. The Morgan fingerprint density at radius 2 is 2.24 bits per heavy atom. The van der Waals surface area contributed by atoms with Crippen molar-refractivity contribution in [2.24, 2.45) is 5.92 Å². The molecule has 25 heavy (non-hydrogen) atoms. The molecular weight excluding hydrogens is 326 g/mol. The molecule has 2 aromatic heterocycles. The van der Waals surface area contributed by atoms with Gasteiger partial charge in [0.15, 0.2) is 11.6 Å². The van der Waals surface area contributed by atoms with Crippen LogP contribution in [0.5, 0.6) is 0 Å². The number of hydrogen-bond donors (Lipinski definition) is 1. The summed E-state index contributed by atoms with van der Waals surface area (Å²) in [5.41, 5.74) is 0.541. The Labute approximate surface area is 144 Å². The number of nitrogens with zero attached hydrogens (tertiary/aromatic N) is 5. The summed E-state index contributed by atoms with van der Waals surface area (Å²) < 4.78 is 7.09. The Kier molecular flexibility index (Phi) is 4.82. The molecule has 3 heterocycles. The first-order valence-electron chi connectivity index (χ1n) is 8.37. The van der Waals surface area contributed by atoms with Crippen LogP contribution in [0, 0.1) is 12.8 Å². The second-order valence-corrected chi connectivity index (χ2v) is 6.27. The maximum atomic E-state index is 12.7. The van der Waals surface area contributed by atoms with Crippen molar-refractivity contribution in [1.82, 2.24) is 24.9 Å². The number of carbonyl (C=O) groups is 2. The first kappa shape index (κ1) is 17.1. The van der Waals surface area contributed by atoms with Gasteiger partial charge >= 0.3 is 5.97 Å². The number of rotatable bonds is 5. The average molecular weight is 347 g/mol. The van der Waals surface area contributed by atoms with Gasteiger partial charge in [-0.2, -0.15) is 0 Å². The third kappa shape index (κ3) is 3.70. The van der Waals surface area contributed by atoms with Crippen molar-refractivity contribution < 1.29 is 19.1 Å². The third-order valence-corrected chi connectivity index (χ3v) is 4.35. The summed E-state index contributed by atoms with van der Waals surface area (Å²) in [5.74, 6) is -0.169. The van der Waals surface area contributed by atoms with E-state index in [0.717, 1.165) is 12.8 Å². The fourth-order valence-corrected chi connectivity index (χ4v) is 3.09. The number of likely N-dealkylation sites (tertiary alicyclic amines) is 1. The van der Waals surface area contributed by atoms with E-state index < -0.39 is 5.97 Å². The van der Waals surface area contributed by atoms with Gasteiger partial charge in [-0.15, -0.1) is 5.10 Å². The number of aromatic carboxylic acids is 1. The van der Waals surface area contributed by atoms with Crippen LogP contribution in [0.1, 0.15) is 52.4 Å². The number of amides is 1. The molecule has 0 bridgehead atoms. The van der Waals surface area contributed by atoms with Gasteiger partial charge in [0.25, 0.3) is 5.91 Å². The molecule has 9 nitrogen and oxygen atoms in total. The lowest BCUT2D eigenvalue weighted by atomic mass is 9.98. The van der Waals surface area contributed by atoms with E-state index in [2.05, 4.69) is 15.3 Å². The molecule has 0 radical (unpaired) electrons. The van der Waals surface area contributed by atoms with Crippen LogP contribution < -0.4 is 0 Å². The van der Waals surface area contributed by atoms with Gasteiger partial charge in [-0.3, -0.25) is 9.48 Å². The van der Waals surface area contributed by atoms with Crippen molar-refractivity contribution in [3.63, 3.8) is 0 Å². The van der Waals surface area contributed by atoms with Crippen molar-refractivity contribution in [2.75, 3.05) is 13.1 Å². The summed E-state index contributed by atoms with van der Waals surface area (Å²) in [6, 6.07) is 0. The van der Waals surface area contributed by atoms with E-state index in [4.69, 9.17) is 9.52 Å². The molecule has 9 heteroatoms. The number of carboxylic acid groups (broad SMARTS) is 1. The minimum Gasteiger partial charge on any atom is -0.476 e. The van der Waals surface area contributed by atoms with Gasteiger partial charge in [0.1, 0.15) is 0 Å². The molecule has 1 N–H and O–H groups in total. The van der Waals surface area contributed by atoms with Crippen molar-refractivity contribution in [3.05, 3.63) is 29.2 Å². The standard InChI is InChI=1S/C16H21N5O4/c1-3-13-17-10(2)14(25-13)15(22)20-6-4-5-11(7-20)8-21-9-12(16(23)24)18-19-21/h9,11H,3-8H2,1-2H3,(H,23,24). The zero-order chi connectivity index (χ0) is 18.0. The minimum absolute atomic E-state index is 0.0758. The van der Waals surface area contributed by atoms with Crippen LogP contribution in [0.15, 0.2) is 10.6 Å². The fourth-order valence-electron chi connectivity index (χ4n) is 3.09. The van der Waals surface area contributed by atoms with Gasteiger partial charge in [0, 0.05) is 26.1 Å². The molecule has 0 aromatic carbocycles. The van der Waals surface area contributed by atoms with E-state index in [1.165, 1.54) is 10.9 Å². The maximum absolute atomic E-state index is 12.7. The van der Waals surface area contributed by atoms with E-state index in [0.29, 0.717) is 43.4 Å². The quantitative estimate of drug-likeness (QED) is 0.869. The first-order valence-corrected chi connectivity index (χ1v) is 8.37. The summed E-state index contributed by atoms with van der Waals surface area (Å²) in [4.78, 5) is 29.6. The summed E-state index contributed by atoms with van der Waals surface area (Å²) in [5, 5.41) is 16.4. The van der Waals surface area contributed by atoms with Gasteiger partial charge in [-0.25, -0.2) is 9.78 Å². The third-order valence-electron chi connectivity index (χ3n) is 4.35. The molecule has 1 aliphatic rings. The predicted octanol–water partition coefficient (Wildman–Crippen LogP) is 1.39.